The summed E-state index contributed by atoms with van der Waals surface area (Å²) < 4.78 is 19.0. The number of aryl methyl sites for hydroxylation is 2. The summed E-state index contributed by atoms with van der Waals surface area (Å²) in [5.74, 6) is 1.58. The molecule has 1 saturated heterocycles. The van der Waals surface area contributed by atoms with Crippen LogP contribution in [0.15, 0.2) is 109 Å². The van der Waals surface area contributed by atoms with Crippen LogP contribution in [0.25, 0.3) is 16.3 Å². The number of para-hydroxylation sites is 1. The van der Waals surface area contributed by atoms with Gasteiger partial charge in [-0.3, -0.25) is 9.69 Å². The number of ether oxygens (including phenoxy) is 3. The Hall–Kier alpha value is -5.22. The van der Waals surface area contributed by atoms with E-state index in [1.54, 1.807) is 41.8 Å². The minimum Gasteiger partial charge on any atom is -0.487 e. The van der Waals surface area contributed by atoms with Gasteiger partial charge in [-0.15, -0.1) is 0 Å². The van der Waals surface area contributed by atoms with Gasteiger partial charge in [0.1, 0.15) is 12.4 Å². The fourth-order valence-electron chi connectivity index (χ4n) is 6.09. The molecule has 0 N–H and O–H groups in total. The van der Waals surface area contributed by atoms with Crippen molar-refractivity contribution in [3.05, 3.63) is 148 Å². The highest BCUT2D eigenvalue weighted by molar-refractivity contribution is 7.20. The normalized spacial score (nSPS) is 13.5. The molecule has 4 aromatic carbocycles. The number of aromatic nitrogens is 2. The van der Waals surface area contributed by atoms with Crippen molar-refractivity contribution in [1.29, 1.82) is 0 Å². The number of fused-ring (bicyclic) bond motifs is 1. The quantitative estimate of drug-likeness (QED) is 0.109. The van der Waals surface area contributed by atoms with E-state index in [9.17, 15) is 4.79 Å². The molecule has 6 aromatic rings. The Kier molecular flexibility index (Phi) is 11.6. The maximum Gasteiger partial charge on any atom is 0.274 e. The summed E-state index contributed by atoms with van der Waals surface area (Å²) in [4.78, 5) is 26.3. The maximum absolute atomic E-state index is 13.1. The van der Waals surface area contributed by atoms with Gasteiger partial charge in [0.15, 0.2) is 5.75 Å². The molecular weight excluding hydrogens is 704 g/mol. The van der Waals surface area contributed by atoms with E-state index in [1.165, 1.54) is 16.7 Å². The second-order valence-corrected chi connectivity index (χ2v) is 14.6. The molecular formula is C43H41ClN4O4S. The number of carbonyl (C=O) groups is 1. The smallest absolute Gasteiger partial charge is 0.274 e. The molecule has 0 spiro atoms. The molecule has 0 aliphatic carbocycles. The van der Waals surface area contributed by atoms with Crippen LogP contribution in [-0.2, 0) is 24.4 Å². The minimum absolute atomic E-state index is 0.00921. The average Bonchev–Trinajstić information content (AvgIpc) is 3.59. The first kappa shape index (κ1) is 36.2. The highest BCUT2D eigenvalue weighted by Gasteiger charge is 2.20. The highest BCUT2D eigenvalue weighted by atomic mass is 35.5. The molecule has 0 radical (unpaired) electrons. The number of hydrogen-bond acceptors (Lipinski definition) is 8. The number of nitrogens with zero attached hydrogens (tertiary/aromatic N) is 4. The molecule has 0 saturated carbocycles. The lowest BCUT2D eigenvalue weighted by atomic mass is 10.1. The molecule has 3 heterocycles. The highest BCUT2D eigenvalue weighted by Crippen LogP contribution is 2.34. The molecule has 1 aliphatic heterocycles. The molecule has 1 fully saturated rings. The van der Waals surface area contributed by atoms with Gasteiger partial charge in [0.05, 0.1) is 28.0 Å². The predicted molar refractivity (Wildman–Crippen MR) is 212 cm³/mol. The fourth-order valence-corrected chi connectivity index (χ4v) is 7.24. The van der Waals surface area contributed by atoms with Crippen LogP contribution < -0.4 is 14.2 Å². The first-order valence-electron chi connectivity index (χ1n) is 17.7. The molecule has 7 rings (SSSR count). The number of pyridine rings is 1. The Labute approximate surface area is 319 Å². The third-order valence-corrected chi connectivity index (χ3v) is 10.3. The number of piperazine rings is 1. The van der Waals surface area contributed by atoms with Crippen LogP contribution in [0.5, 0.6) is 22.6 Å². The number of carbonyl (C=O) groups excluding carboxylic acids is 1. The van der Waals surface area contributed by atoms with Gasteiger partial charge in [-0.2, -0.15) is 0 Å². The van der Waals surface area contributed by atoms with Gasteiger partial charge in [-0.25, -0.2) is 9.97 Å². The number of benzene rings is 4. The number of thiazole rings is 1. The molecule has 10 heteroatoms. The number of amides is 1. The molecule has 2 aromatic heterocycles. The Morgan fingerprint density at radius 2 is 1.62 bits per heavy atom. The van der Waals surface area contributed by atoms with Crippen LogP contribution in [0.4, 0.5) is 0 Å². The van der Waals surface area contributed by atoms with Gasteiger partial charge >= 0.3 is 0 Å². The summed E-state index contributed by atoms with van der Waals surface area (Å²) in [7, 11) is 0. The topological polar surface area (TPSA) is 77.0 Å². The lowest BCUT2D eigenvalue weighted by molar-refractivity contribution is -0.127. The van der Waals surface area contributed by atoms with Crippen LogP contribution in [-0.4, -0.2) is 58.5 Å². The summed E-state index contributed by atoms with van der Waals surface area (Å²) >= 11 is 8.22. The summed E-state index contributed by atoms with van der Waals surface area (Å²) in [6, 6.07) is 32.4. The lowest BCUT2D eigenvalue weighted by Gasteiger charge is -2.34. The van der Waals surface area contributed by atoms with Crippen molar-refractivity contribution in [2.45, 2.75) is 33.4 Å². The first-order valence-corrected chi connectivity index (χ1v) is 18.9. The Bertz CT molecular complexity index is 2120. The van der Waals surface area contributed by atoms with E-state index in [0.717, 1.165) is 53.0 Å². The van der Waals surface area contributed by atoms with Gasteiger partial charge in [-0.05, 0) is 78.1 Å². The monoisotopic (exact) mass is 744 g/mol. The van der Waals surface area contributed by atoms with Crippen molar-refractivity contribution in [3.63, 3.8) is 0 Å². The molecule has 53 heavy (non-hydrogen) atoms. The molecule has 0 atom stereocenters. The molecule has 8 nitrogen and oxygen atoms in total. The summed E-state index contributed by atoms with van der Waals surface area (Å²) in [6.07, 6.45) is 5.89. The summed E-state index contributed by atoms with van der Waals surface area (Å²) in [5.41, 5.74) is 7.44. The van der Waals surface area contributed by atoms with Crippen LogP contribution in [0.2, 0.25) is 5.02 Å². The second-order valence-electron chi connectivity index (χ2n) is 13.2. The molecule has 0 unspecified atom stereocenters. The van der Waals surface area contributed by atoms with Crippen LogP contribution >= 0.6 is 22.9 Å². The van der Waals surface area contributed by atoms with Crippen molar-refractivity contribution in [2.75, 3.05) is 32.8 Å². The Morgan fingerprint density at radius 1 is 0.868 bits per heavy atom. The zero-order chi connectivity index (χ0) is 36.6. The lowest BCUT2D eigenvalue weighted by Crippen LogP contribution is -2.47. The van der Waals surface area contributed by atoms with Crippen molar-refractivity contribution < 1.29 is 19.0 Å². The van der Waals surface area contributed by atoms with E-state index in [-0.39, 0.29) is 5.91 Å². The van der Waals surface area contributed by atoms with Crippen molar-refractivity contribution >= 4 is 45.1 Å². The average molecular weight is 745 g/mol. The van der Waals surface area contributed by atoms with Crippen molar-refractivity contribution in [1.82, 2.24) is 19.8 Å². The van der Waals surface area contributed by atoms with E-state index in [0.29, 0.717) is 53.9 Å². The van der Waals surface area contributed by atoms with Crippen LogP contribution in [0.3, 0.4) is 0 Å². The van der Waals surface area contributed by atoms with Crippen LogP contribution in [0.1, 0.15) is 33.4 Å². The van der Waals surface area contributed by atoms with Crippen LogP contribution in [0, 0.1) is 13.8 Å². The van der Waals surface area contributed by atoms with E-state index in [4.69, 9.17) is 25.8 Å². The summed E-state index contributed by atoms with van der Waals surface area (Å²) in [5, 5.41) is 1.16. The van der Waals surface area contributed by atoms with Gasteiger partial charge in [-0.1, -0.05) is 89.2 Å². The fraction of sp³-hybridized carbons (Fsp3) is 0.233. The standard InChI is InChI=1S/C43H41ClN4O4S/c1-30-7-9-34(10-8-30)29-51-36-16-17-40(45-27-36)52-42-31(2)25-35(26-37(42)44)15-18-41(49)48-22-20-47(21-23-48)28-33-13-11-32(12-14-33)19-24-50-43-46-38-5-3-4-6-39(38)53-43/h3-18,25-27H,19-24,28-29H2,1-2H3. The Balaban J connectivity index is 0.838. The molecule has 270 valence electrons. The van der Waals surface area contributed by atoms with E-state index >= 15 is 0 Å². The SMILES string of the molecule is Cc1ccc(COc2ccc(Oc3c(C)cc(C=CC(=O)N4CCN(Cc5ccc(CCOc6nc7ccccc7s6)cc5)CC4)cc3Cl)nc2)cc1. The molecule has 0 bridgehead atoms. The largest absolute Gasteiger partial charge is 0.487 e. The van der Waals surface area contributed by atoms with Gasteiger partial charge in [0.2, 0.25) is 11.8 Å². The zero-order valence-electron chi connectivity index (χ0n) is 29.8. The van der Waals surface area contributed by atoms with Gasteiger partial charge in [0.25, 0.3) is 5.19 Å². The Morgan fingerprint density at radius 3 is 2.36 bits per heavy atom. The van der Waals surface area contributed by atoms with Gasteiger partial charge in [0, 0.05) is 51.3 Å². The first-order chi connectivity index (χ1) is 25.8. The van der Waals surface area contributed by atoms with E-state index in [2.05, 4.69) is 64.3 Å². The second kappa shape index (κ2) is 17.1. The maximum atomic E-state index is 13.1. The number of hydrogen-bond donors (Lipinski definition) is 0. The third-order valence-electron chi connectivity index (χ3n) is 9.12. The molecule has 1 aliphatic rings. The number of halogens is 1. The van der Waals surface area contributed by atoms with Crippen molar-refractivity contribution in [2.24, 2.45) is 0 Å². The summed E-state index contributed by atoms with van der Waals surface area (Å²) in [6.45, 7) is 8.89. The van der Waals surface area contributed by atoms with Gasteiger partial charge < -0.3 is 19.1 Å². The third kappa shape index (κ3) is 9.81. The van der Waals surface area contributed by atoms with E-state index < -0.39 is 0 Å². The zero-order valence-corrected chi connectivity index (χ0v) is 31.4. The predicted octanol–water partition coefficient (Wildman–Crippen LogP) is 9.31. The number of rotatable bonds is 13. The van der Waals surface area contributed by atoms with Crippen molar-refractivity contribution in [3.8, 4) is 22.6 Å². The van der Waals surface area contributed by atoms with E-state index in [1.807, 2.05) is 54.3 Å². The minimum atomic E-state index is -0.00921. The molecule has 1 amide bonds.